The second-order valence-electron chi connectivity index (χ2n) is 2.47. The number of alkyl halides is 1. The van der Waals surface area contributed by atoms with Gasteiger partial charge in [-0.25, -0.2) is 0 Å². The molecule has 0 aliphatic carbocycles. The molecule has 64 valence electrons. The molecule has 0 bridgehead atoms. The molecule has 0 aromatic heterocycles. The van der Waals surface area contributed by atoms with Crippen molar-refractivity contribution in [3.05, 3.63) is 29.8 Å². The molecule has 0 heterocycles. The molecule has 1 amide bonds. The minimum Gasteiger partial charge on any atom is -0.326 e. The van der Waals surface area contributed by atoms with Crippen molar-refractivity contribution < 1.29 is 4.79 Å². The van der Waals surface area contributed by atoms with Crippen LogP contribution in [0.3, 0.4) is 0 Å². The van der Waals surface area contributed by atoms with Gasteiger partial charge in [0.1, 0.15) is 0 Å². The van der Waals surface area contributed by atoms with Crippen LogP contribution in [0, 0.1) is 0 Å². The van der Waals surface area contributed by atoms with E-state index >= 15 is 0 Å². The van der Waals surface area contributed by atoms with E-state index in [0.717, 1.165) is 11.3 Å². The number of hydrogen-bond acceptors (Lipinski definition) is 1. The normalized spacial score (nSPS) is 9.50. The van der Waals surface area contributed by atoms with E-state index in [2.05, 4.69) is 5.32 Å². The number of carbonyl (C=O) groups is 1. The minimum atomic E-state index is -0.0763. The van der Waals surface area contributed by atoms with Gasteiger partial charge in [-0.1, -0.05) is 18.2 Å². The number of benzene rings is 1. The number of hydrogen-bond donors (Lipinski definition) is 1. The Morgan fingerprint density at radius 2 is 2.17 bits per heavy atom. The fourth-order valence-corrected chi connectivity index (χ4v) is 1.18. The Morgan fingerprint density at radius 1 is 1.50 bits per heavy atom. The third-order valence-electron chi connectivity index (χ3n) is 1.47. The first-order chi connectivity index (χ1) is 5.74. The van der Waals surface area contributed by atoms with E-state index in [9.17, 15) is 4.79 Å². The summed E-state index contributed by atoms with van der Waals surface area (Å²) >= 11 is 5.66. The van der Waals surface area contributed by atoms with Crippen molar-refractivity contribution in [2.24, 2.45) is 0 Å². The molecule has 3 heteroatoms. The SMILES string of the molecule is CC(=O)Nc1ccccc1CCl. The second-order valence-corrected chi connectivity index (χ2v) is 2.74. The van der Waals surface area contributed by atoms with Crippen LogP contribution in [0.1, 0.15) is 12.5 Å². The van der Waals surface area contributed by atoms with Gasteiger partial charge < -0.3 is 5.32 Å². The van der Waals surface area contributed by atoms with Crippen molar-refractivity contribution in [1.82, 2.24) is 0 Å². The predicted molar refractivity (Wildman–Crippen MR) is 50.3 cm³/mol. The zero-order valence-corrected chi connectivity index (χ0v) is 7.56. The largest absolute Gasteiger partial charge is 0.326 e. The van der Waals surface area contributed by atoms with Crippen LogP contribution in [0.15, 0.2) is 24.3 Å². The van der Waals surface area contributed by atoms with Crippen molar-refractivity contribution in [2.75, 3.05) is 5.32 Å². The maximum absolute atomic E-state index is 10.7. The molecule has 1 aromatic rings. The Hall–Kier alpha value is -1.02. The first kappa shape index (κ1) is 9.07. The Morgan fingerprint density at radius 3 is 2.75 bits per heavy atom. The molecule has 0 unspecified atom stereocenters. The number of para-hydroxylation sites is 1. The van der Waals surface area contributed by atoms with Crippen molar-refractivity contribution in [3.8, 4) is 0 Å². The van der Waals surface area contributed by atoms with Crippen LogP contribution < -0.4 is 5.32 Å². The van der Waals surface area contributed by atoms with Crippen LogP contribution >= 0.6 is 11.6 Å². The Kier molecular flexibility index (Phi) is 3.11. The van der Waals surface area contributed by atoms with Crippen molar-refractivity contribution in [1.29, 1.82) is 0 Å². The fourth-order valence-electron chi connectivity index (χ4n) is 0.948. The smallest absolute Gasteiger partial charge is 0.221 e. The van der Waals surface area contributed by atoms with Gasteiger partial charge in [0.05, 0.1) is 0 Å². The van der Waals surface area contributed by atoms with Gasteiger partial charge in [0, 0.05) is 18.5 Å². The van der Waals surface area contributed by atoms with Crippen LogP contribution in [0.2, 0.25) is 0 Å². The van der Waals surface area contributed by atoms with E-state index in [0.29, 0.717) is 5.88 Å². The first-order valence-corrected chi connectivity index (χ1v) is 4.19. The molecule has 1 N–H and O–H groups in total. The van der Waals surface area contributed by atoms with Crippen molar-refractivity contribution >= 4 is 23.2 Å². The third kappa shape index (κ3) is 2.24. The molecule has 0 atom stereocenters. The molecule has 2 nitrogen and oxygen atoms in total. The van der Waals surface area contributed by atoms with E-state index in [1.165, 1.54) is 6.92 Å². The molecule has 1 aromatic carbocycles. The summed E-state index contributed by atoms with van der Waals surface area (Å²) in [6.07, 6.45) is 0. The zero-order chi connectivity index (χ0) is 8.97. The van der Waals surface area contributed by atoms with Gasteiger partial charge in [-0.2, -0.15) is 0 Å². The summed E-state index contributed by atoms with van der Waals surface area (Å²) in [7, 11) is 0. The summed E-state index contributed by atoms with van der Waals surface area (Å²) in [4.78, 5) is 10.7. The average molecular weight is 184 g/mol. The number of amides is 1. The van der Waals surface area contributed by atoms with E-state index in [-0.39, 0.29) is 5.91 Å². The lowest BCUT2D eigenvalue weighted by atomic mass is 10.2. The summed E-state index contributed by atoms with van der Waals surface area (Å²) in [6.45, 7) is 1.48. The molecule has 1 rings (SSSR count). The lowest BCUT2D eigenvalue weighted by Gasteiger charge is -2.05. The fraction of sp³-hybridized carbons (Fsp3) is 0.222. The van der Waals surface area contributed by atoms with E-state index in [1.54, 1.807) is 0 Å². The van der Waals surface area contributed by atoms with E-state index in [4.69, 9.17) is 11.6 Å². The monoisotopic (exact) mass is 183 g/mol. The summed E-state index contributed by atoms with van der Waals surface area (Å²) in [5.74, 6) is 0.337. The predicted octanol–water partition coefficient (Wildman–Crippen LogP) is 2.38. The van der Waals surface area contributed by atoms with Gasteiger partial charge in [0.2, 0.25) is 5.91 Å². The molecular formula is C9H10ClNO. The lowest BCUT2D eigenvalue weighted by Crippen LogP contribution is -2.07. The highest BCUT2D eigenvalue weighted by atomic mass is 35.5. The number of halogens is 1. The maximum atomic E-state index is 10.7. The standard InChI is InChI=1S/C9H10ClNO/c1-7(12)11-9-5-3-2-4-8(9)6-10/h2-5H,6H2,1H3,(H,11,12). The van der Waals surface area contributed by atoms with Gasteiger partial charge in [-0.3, -0.25) is 4.79 Å². The molecule has 0 saturated heterocycles. The Bertz CT molecular complexity index is 286. The molecule has 12 heavy (non-hydrogen) atoms. The van der Waals surface area contributed by atoms with Gasteiger partial charge in [-0.05, 0) is 11.6 Å². The molecule has 0 spiro atoms. The molecule has 0 aliphatic rings. The topological polar surface area (TPSA) is 29.1 Å². The number of anilines is 1. The van der Waals surface area contributed by atoms with Crippen LogP contribution in [0.25, 0.3) is 0 Å². The van der Waals surface area contributed by atoms with Crippen LogP contribution in [0.5, 0.6) is 0 Å². The van der Waals surface area contributed by atoms with Crippen LogP contribution in [-0.4, -0.2) is 5.91 Å². The lowest BCUT2D eigenvalue weighted by molar-refractivity contribution is -0.114. The second kappa shape index (κ2) is 4.12. The number of rotatable bonds is 2. The van der Waals surface area contributed by atoms with E-state index in [1.807, 2.05) is 24.3 Å². The van der Waals surface area contributed by atoms with Gasteiger partial charge in [-0.15, -0.1) is 11.6 Å². The van der Waals surface area contributed by atoms with Crippen molar-refractivity contribution in [2.45, 2.75) is 12.8 Å². The highest BCUT2D eigenvalue weighted by molar-refractivity contribution is 6.17. The Labute approximate surface area is 76.5 Å². The zero-order valence-electron chi connectivity index (χ0n) is 6.80. The van der Waals surface area contributed by atoms with E-state index < -0.39 is 0 Å². The molecule has 0 fully saturated rings. The maximum Gasteiger partial charge on any atom is 0.221 e. The molecule has 0 radical (unpaired) electrons. The van der Waals surface area contributed by atoms with Crippen LogP contribution in [-0.2, 0) is 10.7 Å². The summed E-state index contributed by atoms with van der Waals surface area (Å²) < 4.78 is 0. The van der Waals surface area contributed by atoms with Crippen molar-refractivity contribution in [3.63, 3.8) is 0 Å². The summed E-state index contributed by atoms with van der Waals surface area (Å²) in [5.41, 5.74) is 1.73. The average Bonchev–Trinajstić information content (AvgIpc) is 2.04. The Balaban J connectivity index is 2.89. The minimum absolute atomic E-state index is 0.0763. The molecular weight excluding hydrogens is 174 g/mol. The summed E-state index contributed by atoms with van der Waals surface area (Å²) in [6, 6.07) is 7.47. The summed E-state index contributed by atoms with van der Waals surface area (Å²) in [5, 5.41) is 2.70. The third-order valence-corrected chi connectivity index (χ3v) is 1.76. The molecule has 0 saturated carbocycles. The van der Waals surface area contributed by atoms with Gasteiger partial charge in [0.25, 0.3) is 0 Å². The highest BCUT2D eigenvalue weighted by Crippen LogP contribution is 2.16. The van der Waals surface area contributed by atoms with Crippen LogP contribution in [0.4, 0.5) is 5.69 Å². The number of nitrogens with one attached hydrogen (secondary N) is 1. The molecule has 0 aliphatic heterocycles. The quantitative estimate of drug-likeness (QED) is 0.701. The highest BCUT2D eigenvalue weighted by Gasteiger charge is 2.00. The first-order valence-electron chi connectivity index (χ1n) is 3.65. The van der Waals surface area contributed by atoms with Gasteiger partial charge >= 0.3 is 0 Å². The van der Waals surface area contributed by atoms with Gasteiger partial charge in [0.15, 0.2) is 0 Å². The number of carbonyl (C=O) groups excluding carboxylic acids is 1.